The van der Waals surface area contributed by atoms with E-state index in [1.54, 1.807) is 0 Å². The van der Waals surface area contributed by atoms with Crippen LogP contribution in [0.4, 0.5) is 0 Å². The second kappa shape index (κ2) is 6.58. The second-order valence-electron chi connectivity index (χ2n) is 3.75. The van der Waals surface area contributed by atoms with Crippen molar-refractivity contribution in [3.63, 3.8) is 0 Å². The molecule has 0 radical (unpaired) electrons. The summed E-state index contributed by atoms with van der Waals surface area (Å²) in [5.41, 5.74) is -1.69. The number of hydrogen-bond acceptors (Lipinski definition) is 3. The molecule has 4 nitrogen and oxygen atoms in total. The number of carboxylic acids is 1. The van der Waals surface area contributed by atoms with Gasteiger partial charge in [0.25, 0.3) is 0 Å². The molecule has 0 rings (SSSR count). The first-order chi connectivity index (χ1) is 6.98. The van der Waals surface area contributed by atoms with Crippen molar-refractivity contribution in [3.8, 4) is 0 Å². The molecule has 4 heteroatoms. The van der Waals surface area contributed by atoms with Crippen molar-refractivity contribution in [2.45, 2.75) is 44.6 Å². The Bertz CT molecular complexity index is 225. The van der Waals surface area contributed by atoms with Crippen molar-refractivity contribution >= 4 is 5.97 Å². The van der Waals surface area contributed by atoms with E-state index in [0.29, 0.717) is 6.42 Å². The first kappa shape index (κ1) is 14.1. The predicted molar refractivity (Wildman–Crippen MR) is 57.6 cm³/mol. The van der Waals surface area contributed by atoms with Gasteiger partial charge in [-0.3, -0.25) is 0 Å². The second-order valence-corrected chi connectivity index (χ2v) is 3.75. The van der Waals surface area contributed by atoms with Gasteiger partial charge in [0.15, 0.2) is 0 Å². The third-order valence-electron chi connectivity index (χ3n) is 2.54. The van der Waals surface area contributed by atoms with Crippen LogP contribution < -0.4 is 0 Å². The Kier molecular flexibility index (Phi) is 6.20. The van der Waals surface area contributed by atoms with Crippen LogP contribution in [0.5, 0.6) is 0 Å². The fourth-order valence-electron chi connectivity index (χ4n) is 1.48. The summed E-state index contributed by atoms with van der Waals surface area (Å²) in [6.45, 7) is 5.15. The van der Waals surface area contributed by atoms with Crippen LogP contribution in [0, 0.1) is 0 Å². The summed E-state index contributed by atoms with van der Waals surface area (Å²) in [6.07, 6.45) is 3.03. The molecule has 88 valence electrons. The number of hydrogen-bond donors (Lipinski definition) is 3. The minimum Gasteiger partial charge on any atom is -0.478 e. The molecule has 1 atom stereocenters. The molecule has 3 N–H and O–H groups in total. The van der Waals surface area contributed by atoms with Crippen molar-refractivity contribution in [1.29, 1.82) is 0 Å². The fraction of sp³-hybridized carbons (Fsp3) is 0.727. The Morgan fingerprint density at radius 1 is 1.33 bits per heavy atom. The zero-order chi connectivity index (χ0) is 11.9. The van der Waals surface area contributed by atoms with Crippen molar-refractivity contribution in [2.75, 3.05) is 6.61 Å². The maximum atomic E-state index is 10.7. The molecule has 1 unspecified atom stereocenters. The molecule has 0 aliphatic carbocycles. The van der Waals surface area contributed by atoms with Crippen LogP contribution in [0.15, 0.2) is 12.2 Å². The smallest absolute Gasteiger partial charge is 0.333 e. The highest BCUT2D eigenvalue weighted by molar-refractivity contribution is 5.88. The lowest BCUT2D eigenvalue weighted by Gasteiger charge is -2.27. The highest BCUT2D eigenvalue weighted by Gasteiger charge is 2.33. The van der Waals surface area contributed by atoms with Crippen molar-refractivity contribution < 1.29 is 20.1 Å². The molecule has 0 aliphatic rings. The standard InChI is InChI=1S/C11H20O4/c1-3-4-5-6-11(15,7-8-12)9(2)10(13)14/h12,15H,2-8H2,1H3,(H,13,14). The molecule has 0 aromatic rings. The van der Waals surface area contributed by atoms with Crippen molar-refractivity contribution in [2.24, 2.45) is 0 Å². The molecule has 0 heterocycles. The van der Waals surface area contributed by atoms with E-state index < -0.39 is 11.6 Å². The third-order valence-corrected chi connectivity index (χ3v) is 2.54. The minimum atomic E-state index is -1.46. The first-order valence-electron chi connectivity index (χ1n) is 5.24. The van der Waals surface area contributed by atoms with Gasteiger partial charge < -0.3 is 15.3 Å². The van der Waals surface area contributed by atoms with Crippen LogP contribution in [0.1, 0.15) is 39.0 Å². The topological polar surface area (TPSA) is 77.8 Å². The Morgan fingerprint density at radius 2 is 1.93 bits per heavy atom. The van der Waals surface area contributed by atoms with Crippen molar-refractivity contribution in [3.05, 3.63) is 12.2 Å². The van der Waals surface area contributed by atoms with Gasteiger partial charge in [0.05, 0.1) is 11.2 Å². The van der Waals surface area contributed by atoms with E-state index in [0.717, 1.165) is 19.3 Å². The molecule has 0 amide bonds. The summed E-state index contributed by atoms with van der Waals surface area (Å²) in [5, 5.41) is 27.6. The molecule has 15 heavy (non-hydrogen) atoms. The summed E-state index contributed by atoms with van der Waals surface area (Å²) < 4.78 is 0. The van der Waals surface area contributed by atoms with Crippen LogP contribution in [0.25, 0.3) is 0 Å². The molecule has 0 saturated carbocycles. The molecule has 0 saturated heterocycles. The highest BCUT2D eigenvalue weighted by Crippen LogP contribution is 2.26. The monoisotopic (exact) mass is 216 g/mol. The Morgan fingerprint density at radius 3 is 2.33 bits per heavy atom. The summed E-state index contributed by atoms with van der Waals surface area (Å²) >= 11 is 0. The van der Waals surface area contributed by atoms with E-state index in [2.05, 4.69) is 6.58 Å². The summed E-state index contributed by atoms with van der Waals surface area (Å²) in [6, 6.07) is 0. The van der Waals surface area contributed by atoms with Gasteiger partial charge in [-0.2, -0.15) is 0 Å². The average Bonchev–Trinajstić information content (AvgIpc) is 2.17. The van der Waals surface area contributed by atoms with Gasteiger partial charge in [0, 0.05) is 13.0 Å². The van der Waals surface area contributed by atoms with Crippen LogP contribution in [0.3, 0.4) is 0 Å². The van der Waals surface area contributed by atoms with E-state index in [1.807, 2.05) is 6.92 Å². The zero-order valence-electron chi connectivity index (χ0n) is 9.20. The maximum absolute atomic E-state index is 10.7. The minimum absolute atomic E-state index is 0.0296. The van der Waals surface area contributed by atoms with E-state index in [4.69, 9.17) is 10.2 Å². The van der Waals surface area contributed by atoms with E-state index in [-0.39, 0.29) is 18.6 Å². The summed E-state index contributed by atoms with van der Waals surface area (Å²) in [4.78, 5) is 10.7. The number of rotatable bonds is 8. The van der Waals surface area contributed by atoms with E-state index in [1.165, 1.54) is 0 Å². The molecule has 0 aromatic carbocycles. The SMILES string of the molecule is C=C(C(=O)O)C(O)(CCO)CCCCC. The average molecular weight is 216 g/mol. The van der Waals surface area contributed by atoms with Crippen LogP contribution >= 0.6 is 0 Å². The third kappa shape index (κ3) is 4.44. The molecular weight excluding hydrogens is 196 g/mol. The van der Waals surface area contributed by atoms with Gasteiger partial charge in [0.1, 0.15) is 0 Å². The van der Waals surface area contributed by atoms with Gasteiger partial charge >= 0.3 is 5.97 Å². The number of aliphatic carboxylic acids is 1. The number of carboxylic acid groups (broad SMARTS) is 1. The zero-order valence-corrected chi connectivity index (χ0v) is 9.20. The van der Waals surface area contributed by atoms with Gasteiger partial charge in [-0.1, -0.05) is 32.8 Å². The van der Waals surface area contributed by atoms with E-state index >= 15 is 0 Å². The molecule has 0 spiro atoms. The normalized spacial score (nSPS) is 14.6. The molecule has 0 aromatic heterocycles. The van der Waals surface area contributed by atoms with Gasteiger partial charge in [0.2, 0.25) is 0 Å². The van der Waals surface area contributed by atoms with Gasteiger partial charge in [-0.25, -0.2) is 4.79 Å². The van der Waals surface area contributed by atoms with Gasteiger partial charge in [-0.05, 0) is 6.42 Å². The van der Waals surface area contributed by atoms with Crippen LogP contribution in [-0.2, 0) is 4.79 Å². The number of aliphatic hydroxyl groups excluding tert-OH is 1. The summed E-state index contributed by atoms with van der Waals surface area (Å²) in [7, 11) is 0. The van der Waals surface area contributed by atoms with Gasteiger partial charge in [-0.15, -0.1) is 0 Å². The van der Waals surface area contributed by atoms with Crippen LogP contribution in [0.2, 0.25) is 0 Å². The van der Waals surface area contributed by atoms with Crippen LogP contribution in [-0.4, -0.2) is 33.5 Å². The lowest BCUT2D eigenvalue weighted by molar-refractivity contribution is -0.135. The number of unbranched alkanes of at least 4 members (excludes halogenated alkanes) is 2. The lowest BCUT2D eigenvalue weighted by atomic mass is 9.86. The quantitative estimate of drug-likeness (QED) is 0.422. The Labute approximate surface area is 90.2 Å². The highest BCUT2D eigenvalue weighted by atomic mass is 16.4. The molecular formula is C11H20O4. The van der Waals surface area contributed by atoms with Crippen molar-refractivity contribution in [1.82, 2.24) is 0 Å². The largest absolute Gasteiger partial charge is 0.478 e. The Balaban J connectivity index is 4.43. The molecule has 0 aliphatic heterocycles. The Hall–Kier alpha value is -0.870. The summed E-state index contributed by atoms with van der Waals surface area (Å²) in [5.74, 6) is -1.21. The number of aliphatic hydroxyl groups is 2. The fourth-order valence-corrected chi connectivity index (χ4v) is 1.48. The maximum Gasteiger partial charge on any atom is 0.333 e. The number of carbonyl (C=O) groups is 1. The lowest BCUT2D eigenvalue weighted by Crippen LogP contribution is -2.35. The predicted octanol–water partition coefficient (Wildman–Crippen LogP) is 1.32. The molecule has 0 fully saturated rings. The first-order valence-corrected chi connectivity index (χ1v) is 5.24. The van der Waals surface area contributed by atoms with E-state index in [9.17, 15) is 9.90 Å². The molecule has 0 bridgehead atoms.